The molecule has 0 aromatic heterocycles. The van der Waals surface area contributed by atoms with Gasteiger partial charge in [0.25, 0.3) is 0 Å². The quantitative estimate of drug-likeness (QED) is 0.386. The van der Waals surface area contributed by atoms with Crippen molar-refractivity contribution < 1.29 is 0 Å². The van der Waals surface area contributed by atoms with Crippen molar-refractivity contribution in [2.45, 2.75) is 64.7 Å². The van der Waals surface area contributed by atoms with Crippen LogP contribution in [0.1, 0.15) is 64.7 Å². The van der Waals surface area contributed by atoms with Crippen molar-refractivity contribution in [2.24, 2.45) is 11.8 Å². The molecule has 0 aromatic carbocycles. The van der Waals surface area contributed by atoms with E-state index in [4.69, 9.17) is 11.6 Å². The lowest BCUT2D eigenvalue weighted by atomic mass is 9.94. The predicted molar refractivity (Wildman–Crippen MR) is 74.1 cm³/mol. The first kappa shape index (κ1) is 14.1. The van der Waals surface area contributed by atoms with Crippen LogP contribution in [0.3, 0.4) is 0 Å². The largest absolute Gasteiger partial charge is 0.127 e. The first-order chi connectivity index (χ1) is 7.86. The van der Waals surface area contributed by atoms with Gasteiger partial charge in [-0.3, -0.25) is 0 Å². The van der Waals surface area contributed by atoms with E-state index in [2.05, 4.69) is 19.1 Å². The molecule has 0 saturated heterocycles. The maximum Gasteiger partial charge on any atom is 0.0223 e. The summed E-state index contributed by atoms with van der Waals surface area (Å²) >= 11 is 5.78. The summed E-state index contributed by atoms with van der Waals surface area (Å²) in [7, 11) is 0. The Hall–Kier alpha value is 0.0300. The van der Waals surface area contributed by atoms with Crippen molar-refractivity contribution in [1.29, 1.82) is 0 Å². The molecule has 94 valence electrons. The maximum absolute atomic E-state index is 5.78. The van der Waals surface area contributed by atoms with Gasteiger partial charge in [0.05, 0.1) is 0 Å². The lowest BCUT2D eigenvalue weighted by Gasteiger charge is -2.12. The van der Waals surface area contributed by atoms with Gasteiger partial charge in [0, 0.05) is 5.88 Å². The first-order valence-electron chi connectivity index (χ1n) is 7.11. The highest BCUT2D eigenvalue weighted by atomic mass is 35.5. The molecular formula is C15H27Cl. The number of allylic oxidation sites excluding steroid dienone is 2. The number of hydrogen-bond acceptors (Lipinski definition) is 0. The van der Waals surface area contributed by atoms with Crippen molar-refractivity contribution in [3.05, 3.63) is 12.2 Å². The Morgan fingerprint density at radius 1 is 1.19 bits per heavy atom. The molecule has 1 fully saturated rings. The van der Waals surface area contributed by atoms with Crippen LogP contribution < -0.4 is 0 Å². The molecular weight excluding hydrogens is 216 g/mol. The number of hydrogen-bond donors (Lipinski definition) is 0. The van der Waals surface area contributed by atoms with Crippen molar-refractivity contribution in [3.63, 3.8) is 0 Å². The summed E-state index contributed by atoms with van der Waals surface area (Å²) in [6.07, 6.45) is 17.2. The average Bonchev–Trinajstić information content (AvgIpc) is 2.81. The molecule has 1 unspecified atom stereocenters. The summed E-state index contributed by atoms with van der Waals surface area (Å²) in [4.78, 5) is 0. The van der Waals surface area contributed by atoms with Crippen molar-refractivity contribution >= 4 is 11.6 Å². The third-order valence-electron chi connectivity index (χ3n) is 3.69. The van der Waals surface area contributed by atoms with Crippen LogP contribution in [0.15, 0.2) is 12.2 Å². The lowest BCUT2D eigenvalue weighted by molar-refractivity contribution is 0.508. The summed E-state index contributed by atoms with van der Waals surface area (Å²) in [6.45, 7) is 2.28. The highest BCUT2D eigenvalue weighted by molar-refractivity contribution is 6.17. The molecule has 1 rings (SSSR count). The second kappa shape index (κ2) is 9.10. The summed E-state index contributed by atoms with van der Waals surface area (Å²) < 4.78 is 0. The van der Waals surface area contributed by atoms with Gasteiger partial charge in [0.15, 0.2) is 0 Å². The number of unbranched alkanes of at least 4 members (excludes halogenated alkanes) is 1. The second-order valence-electron chi connectivity index (χ2n) is 5.16. The molecule has 0 radical (unpaired) electrons. The topological polar surface area (TPSA) is 0 Å². The third-order valence-corrected chi connectivity index (χ3v) is 3.96. The van der Waals surface area contributed by atoms with E-state index in [1.54, 1.807) is 0 Å². The molecule has 16 heavy (non-hydrogen) atoms. The molecule has 0 amide bonds. The molecule has 1 atom stereocenters. The maximum atomic E-state index is 5.78. The minimum Gasteiger partial charge on any atom is -0.127 e. The van der Waals surface area contributed by atoms with Gasteiger partial charge in [-0.05, 0) is 43.9 Å². The van der Waals surface area contributed by atoms with E-state index in [0.717, 1.165) is 17.7 Å². The number of halogens is 1. The zero-order chi connectivity index (χ0) is 11.6. The van der Waals surface area contributed by atoms with Crippen LogP contribution in [-0.2, 0) is 0 Å². The van der Waals surface area contributed by atoms with Gasteiger partial charge in [-0.15, -0.1) is 11.6 Å². The first-order valence-corrected chi connectivity index (χ1v) is 7.64. The van der Waals surface area contributed by atoms with E-state index >= 15 is 0 Å². The normalized spacial score (nSPS) is 19.6. The molecule has 0 N–H and O–H groups in total. The Morgan fingerprint density at radius 2 is 1.88 bits per heavy atom. The zero-order valence-corrected chi connectivity index (χ0v) is 11.5. The monoisotopic (exact) mass is 242 g/mol. The van der Waals surface area contributed by atoms with Crippen LogP contribution in [0.2, 0.25) is 0 Å². The molecule has 1 aliphatic carbocycles. The van der Waals surface area contributed by atoms with Crippen molar-refractivity contribution in [3.8, 4) is 0 Å². The van der Waals surface area contributed by atoms with Gasteiger partial charge >= 0.3 is 0 Å². The third kappa shape index (κ3) is 5.94. The van der Waals surface area contributed by atoms with Gasteiger partial charge in [-0.1, -0.05) is 44.8 Å². The molecule has 0 heterocycles. The van der Waals surface area contributed by atoms with Crippen LogP contribution in [0.4, 0.5) is 0 Å². The minimum absolute atomic E-state index is 0.791. The van der Waals surface area contributed by atoms with E-state index in [1.165, 1.54) is 57.8 Å². The Labute approximate surface area is 106 Å². The van der Waals surface area contributed by atoms with Gasteiger partial charge < -0.3 is 0 Å². The summed E-state index contributed by atoms with van der Waals surface area (Å²) in [6, 6.07) is 0. The van der Waals surface area contributed by atoms with Gasteiger partial charge in [0.2, 0.25) is 0 Å². The van der Waals surface area contributed by atoms with Crippen LogP contribution in [-0.4, -0.2) is 5.88 Å². The van der Waals surface area contributed by atoms with Crippen molar-refractivity contribution in [1.82, 2.24) is 0 Å². The molecule has 1 aliphatic rings. The van der Waals surface area contributed by atoms with Crippen LogP contribution >= 0.6 is 11.6 Å². The fourth-order valence-corrected chi connectivity index (χ4v) is 2.76. The zero-order valence-electron chi connectivity index (χ0n) is 10.8. The fraction of sp³-hybridized carbons (Fsp3) is 0.867. The highest BCUT2D eigenvalue weighted by Crippen LogP contribution is 2.27. The Bertz CT molecular complexity index is 172. The van der Waals surface area contributed by atoms with E-state index in [1.807, 2.05) is 0 Å². The number of rotatable bonds is 8. The molecule has 0 aromatic rings. The van der Waals surface area contributed by atoms with Gasteiger partial charge in [0.1, 0.15) is 0 Å². The standard InChI is InChI=1S/C15H27Cl/c1-2-3-7-14(10-6-13-16)11-12-15-8-4-5-9-15/h11-12,14-15H,2-10,13H2,1H3/b12-11+. The van der Waals surface area contributed by atoms with E-state index in [0.29, 0.717) is 0 Å². The molecule has 1 heteroatoms. The Morgan fingerprint density at radius 3 is 2.50 bits per heavy atom. The predicted octanol–water partition coefficient (Wildman–Crippen LogP) is 5.56. The minimum atomic E-state index is 0.791. The Kier molecular flexibility index (Phi) is 8.02. The highest BCUT2D eigenvalue weighted by Gasteiger charge is 2.12. The van der Waals surface area contributed by atoms with Crippen molar-refractivity contribution in [2.75, 3.05) is 5.88 Å². The Balaban J connectivity index is 2.28. The van der Waals surface area contributed by atoms with Crippen LogP contribution in [0.5, 0.6) is 0 Å². The summed E-state index contributed by atoms with van der Waals surface area (Å²) in [5.41, 5.74) is 0. The smallest absolute Gasteiger partial charge is 0.0223 e. The molecule has 0 bridgehead atoms. The van der Waals surface area contributed by atoms with Gasteiger partial charge in [-0.2, -0.15) is 0 Å². The van der Waals surface area contributed by atoms with E-state index in [9.17, 15) is 0 Å². The van der Waals surface area contributed by atoms with E-state index in [-0.39, 0.29) is 0 Å². The summed E-state index contributed by atoms with van der Waals surface area (Å²) in [5, 5.41) is 0. The molecule has 0 aliphatic heterocycles. The van der Waals surface area contributed by atoms with Crippen LogP contribution in [0.25, 0.3) is 0 Å². The lowest BCUT2D eigenvalue weighted by Crippen LogP contribution is -1.99. The van der Waals surface area contributed by atoms with Crippen LogP contribution in [0, 0.1) is 11.8 Å². The SMILES string of the molecule is CCCCC(/C=C/C1CCCC1)CCCCl. The fourth-order valence-electron chi connectivity index (χ4n) is 2.61. The average molecular weight is 243 g/mol. The van der Waals surface area contributed by atoms with E-state index < -0.39 is 0 Å². The molecule has 0 nitrogen and oxygen atoms in total. The summed E-state index contributed by atoms with van der Waals surface area (Å²) in [5.74, 6) is 2.50. The molecule has 0 spiro atoms. The van der Waals surface area contributed by atoms with Gasteiger partial charge in [-0.25, -0.2) is 0 Å². The number of alkyl halides is 1. The second-order valence-corrected chi connectivity index (χ2v) is 5.54. The molecule has 1 saturated carbocycles.